The highest BCUT2D eigenvalue weighted by atomic mass is 16.5. The zero-order valence-corrected chi connectivity index (χ0v) is 7.99. The summed E-state index contributed by atoms with van der Waals surface area (Å²) in [6, 6.07) is 7.86. The predicted octanol–water partition coefficient (Wildman–Crippen LogP) is 2.08. The van der Waals surface area contributed by atoms with Crippen LogP contribution in [0.1, 0.15) is 17.9 Å². The van der Waals surface area contributed by atoms with Gasteiger partial charge in [0, 0.05) is 12.0 Å². The van der Waals surface area contributed by atoms with Gasteiger partial charge in [0.15, 0.2) is 0 Å². The zero-order valence-electron chi connectivity index (χ0n) is 7.99. The molecule has 1 unspecified atom stereocenters. The van der Waals surface area contributed by atoms with Crippen molar-refractivity contribution in [3.63, 3.8) is 0 Å². The molecule has 0 saturated heterocycles. The Kier molecular flexibility index (Phi) is 2.28. The van der Waals surface area contributed by atoms with Gasteiger partial charge in [-0.2, -0.15) is 5.26 Å². The van der Waals surface area contributed by atoms with Gasteiger partial charge in [0.25, 0.3) is 0 Å². The molecule has 0 aromatic heterocycles. The van der Waals surface area contributed by atoms with Gasteiger partial charge in [-0.1, -0.05) is 0 Å². The molecule has 14 heavy (non-hydrogen) atoms. The van der Waals surface area contributed by atoms with Crippen molar-refractivity contribution >= 4 is 0 Å². The van der Waals surface area contributed by atoms with Crippen molar-refractivity contribution in [1.29, 1.82) is 5.26 Å². The Morgan fingerprint density at radius 3 is 3.14 bits per heavy atom. The summed E-state index contributed by atoms with van der Waals surface area (Å²) in [6.07, 6.45) is 0.761. The van der Waals surface area contributed by atoms with E-state index in [0.717, 1.165) is 23.5 Å². The minimum absolute atomic E-state index is 0.0613. The molecule has 0 N–H and O–H groups in total. The maximum atomic E-state index is 8.96. The number of hydrogen-bond donors (Lipinski definition) is 0. The Balaban J connectivity index is 2.44. The Labute approximate surface area is 82.9 Å². The third-order valence-corrected chi connectivity index (χ3v) is 2.41. The molecule has 1 heterocycles. The molecule has 1 aliphatic heterocycles. The molecule has 0 aliphatic carbocycles. The fourth-order valence-electron chi connectivity index (χ4n) is 1.63. The van der Waals surface area contributed by atoms with Crippen LogP contribution in [-0.4, -0.2) is 13.7 Å². The van der Waals surface area contributed by atoms with E-state index in [0.29, 0.717) is 6.61 Å². The minimum atomic E-state index is -0.0613. The van der Waals surface area contributed by atoms with Gasteiger partial charge in [-0.25, -0.2) is 0 Å². The van der Waals surface area contributed by atoms with Crippen LogP contribution in [0.25, 0.3) is 0 Å². The van der Waals surface area contributed by atoms with Crippen LogP contribution in [0.5, 0.6) is 11.5 Å². The van der Waals surface area contributed by atoms with Crippen LogP contribution < -0.4 is 9.47 Å². The summed E-state index contributed by atoms with van der Waals surface area (Å²) >= 11 is 0. The van der Waals surface area contributed by atoms with Gasteiger partial charge in [0.2, 0.25) is 0 Å². The van der Waals surface area contributed by atoms with Crippen molar-refractivity contribution in [2.75, 3.05) is 13.7 Å². The standard InChI is InChI=1S/C11H11NO2/c1-13-9-2-3-11-10(6-9)8(7-12)4-5-14-11/h2-3,6,8H,4-5H2,1H3. The van der Waals surface area contributed by atoms with E-state index in [4.69, 9.17) is 14.7 Å². The van der Waals surface area contributed by atoms with E-state index in [1.807, 2.05) is 18.2 Å². The Morgan fingerprint density at radius 1 is 1.57 bits per heavy atom. The Bertz CT molecular complexity index is 381. The minimum Gasteiger partial charge on any atom is -0.497 e. The van der Waals surface area contributed by atoms with E-state index >= 15 is 0 Å². The van der Waals surface area contributed by atoms with Crippen molar-refractivity contribution in [3.05, 3.63) is 23.8 Å². The molecular weight excluding hydrogens is 178 g/mol. The topological polar surface area (TPSA) is 42.2 Å². The van der Waals surface area contributed by atoms with E-state index in [1.165, 1.54) is 0 Å². The van der Waals surface area contributed by atoms with Gasteiger partial charge in [-0.15, -0.1) is 0 Å². The SMILES string of the molecule is COc1ccc2c(c1)C(C#N)CCO2. The van der Waals surface area contributed by atoms with Crippen molar-refractivity contribution in [2.24, 2.45) is 0 Å². The molecule has 0 bridgehead atoms. The largest absolute Gasteiger partial charge is 0.497 e. The Hall–Kier alpha value is -1.69. The summed E-state index contributed by atoms with van der Waals surface area (Å²) in [5, 5.41) is 8.96. The van der Waals surface area contributed by atoms with Gasteiger partial charge in [0.05, 0.1) is 25.7 Å². The van der Waals surface area contributed by atoms with Gasteiger partial charge < -0.3 is 9.47 Å². The second-order valence-electron chi connectivity index (χ2n) is 3.22. The number of methoxy groups -OCH3 is 1. The highest BCUT2D eigenvalue weighted by Crippen LogP contribution is 2.35. The molecule has 3 heteroatoms. The fraction of sp³-hybridized carbons (Fsp3) is 0.364. The maximum absolute atomic E-state index is 8.96. The average molecular weight is 189 g/mol. The molecule has 0 fully saturated rings. The first-order chi connectivity index (χ1) is 6.85. The molecule has 1 aromatic carbocycles. The molecule has 3 nitrogen and oxygen atoms in total. The van der Waals surface area contributed by atoms with Crippen molar-refractivity contribution in [2.45, 2.75) is 12.3 Å². The van der Waals surface area contributed by atoms with Crippen molar-refractivity contribution < 1.29 is 9.47 Å². The van der Waals surface area contributed by atoms with Gasteiger partial charge in [-0.3, -0.25) is 0 Å². The van der Waals surface area contributed by atoms with Crippen molar-refractivity contribution in [1.82, 2.24) is 0 Å². The molecule has 0 spiro atoms. The van der Waals surface area contributed by atoms with Crippen LogP contribution in [0.2, 0.25) is 0 Å². The van der Waals surface area contributed by atoms with E-state index in [2.05, 4.69) is 6.07 Å². The summed E-state index contributed by atoms with van der Waals surface area (Å²) in [5.74, 6) is 1.52. The molecule has 0 radical (unpaired) electrons. The van der Waals surface area contributed by atoms with E-state index < -0.39 is 0 Å². The fourth-order valence-corrected chi connectivity index (χ4v) is 1.63. The summed E-state index contributed by atoms with van der Waals surface area (Å²) in [6.45, 7) is 0.623. The van der Waals surface area contributed by atoms with Gasteiger partial charge >= 0.3 is 0 Å². The molecule has 0 amide bonds. The number of fused-ring (bicyclic) bond motifs is 1. The lowest BCUT2D eigenvalue weighted by molar-refractivity contribution is 0.279. The highest BCUT2D eigenvalue weighted by molar-refractivity contribution is 5.45. The number of ether oxygens (including phenoxy) is 2. The quantitative estimate of drug-likeness (QED) is 0.679. The van der Waals surface area contributed by atoms with Crippen LogP contribution in [0.3, 0.4) is 0 Å². The summed E-state index contributed by atoms with van der Waals surface area (Å²) in [7, 11) is 1.62. The average Bonchev–Trinajstić information content (AvgIpc) is 2.27. The normalized spacial score (nSPS) is 19.0. The second kappa shape index (κ2) is 3.59. The van der Waals surface area contributed by atoms with E-state index in [9.17, 15) is 0 Å². The summed E-state index contributed by atoms with van der Waals surface area (Å²) in [5.41, 5.74) is 0.943. The molecule has 1 aliphatic rings. The van der Waals surface area contributed by atoms with Crippen LogP contribution in [-0.2, 0) is 0 Å². The van der Waals surface area contributed by atoms with Gasteiger partial charge in [-0.05, 0) is 18.2 Å². The smallest absolute Gasteiger partial charge is 0.124 e. The molecule has 72 valence electrons. The molecule has 1 aromatic rings. The lowest BCUT2D eigenvalue weighted by Gasteiger charge is -2.21. The van der Waals surface area contributed by atoms with E-state index in [-0.39, 0.29) is 5.92 Å². The molecule has 0 saturated carbocycles. The number of benzene rings is 1. The second-order valence-corrected chi connectivity index (χ2v) is 3.22. The lowest BCUT2D eigenvalue weighted by Crippen LogP contribution is -2.12. The summed E-state index contributed by atoms with van der Waals surface area (Å²) < 4.78 is 10.6. The van der Waals surface area contributed by atoms with Crippen LogP contribution >= 0.6 is 0 Å². The first kappa shape index (κ1) is 8.89. The zero-order chi connectivity index (χ0) is 9.97. The molecule has 1 atom stereocenters. The maximum Gasteiger partial charge on any atom is 0.124 e. The van der Waals surface area contributed by atoms with Crippen LogP contribution in [0.15, 0.2) is 18.2 Å². The first-order valence-electron chi connectivity index (χ1n) is 4.55. The summed E-state index contributed by atoms with van der Waals surface area (Å²) in [4.78, 5) is 0. The Morgan fingerprint density at radius 2 is 2.43 bits per heavy atom. The van der Waals surface area contributed by atoms with Crippen LogP contribution in [0.4, 0.5) is 0 Å². The third kappa shape index (κ3) is 1.39. The monoisotopic (exact) mass is 189 g/mol. The third-order valence-electron chi connectivity index (χ3n) is 2.41. The number of nitrogens with zero attached hydrogens (tertiary/aromatic N) is 1. The predicted molar refractivity (Wildman–Crippen MR) is 51.5 cm³/mol. The number of nitriles is 1. The first-order valence-corrected chi connectivity index (χ1v) is 4.55. The lowest BCUT2D eigenvalue weighted by atomic mass is 9.94. The molecule has 2 rings (SSSR count). The van der Waals surface area contributed by atoms with Crippen molar-refractivity contribution in [3.8, 4) is 17.6 Å². The number of hydrogen-bond acceptors (Lipinski definition) is 3. The van der Waals surface area contributed by atoms with Crippen LogP contribution in [0, 0.1) is 11.3 Å². The number of rotatable bonds is 1. The van der Waals surface area contributed by atoms with E-state index in [1.54, 1.807) is 7.11 Å². The van der Waals surface area contributed by atoms with Gasteiger partial charge in [0.1, 0.15) is 11.5 Å². The molecular formula is C11H11NO2. The highest BCUT2D eigenvalue weighted by Gasteiger charge is 2.21.